The minimum absolute atomic E-state index is 0.137. The molecular formula is C22H40O4. The van der Waals surface area contributed by atoms with Gasteiger partial charge in [-0.3, -0.25) is 9.59 Å². The normalized spacial score (nSPS) is 20.4. The first-order valence-corrected chi connectivity index (χ1v) is 10.8. The molecule has 4 nitrogen and oxygen atoms in total. The van der Waals surface area contributed by atoms with E-state index in [-0.39, 0.29) is 29.9 Å². The van der Waals surface area contributed by atoms with Crippen molar-refractivity contribution in [1.82, 2.24) is 0 Å². The molecule has 1 aliphatic carbocycles. The molecule has 1 fully saturated rings. The van der Waals surface area contributed by atoms with Crippen molar-refractivity contribution >= 4 is 11.9 Å². The molecule has 0 heterocycles. The lowest BCUT2D eigenvalue weighted by atomic mass is 9.79. The highest BCUT2D eigenvalue weighted by molar-refractivity contribution is 5.82. The fourth-order valence-corrected chi connectivity index (χ4v) is 3.66. The zero-order valence-corrected chi connectivity index (χ0v) is 17.4. The van der Waals surface area contributed by atoms with Gasteiger partial charge in [0.15, 0.2) is 0 Å². The van der Waals surface area contributed by atoms with Crippen LogP contribution in [0.5, 0.6) is 0 Å². The zero-order valence-electron chi connectivity index (χ0n) is 17.4. The summed E-state index contributed by atoms with van der Waals surface area (Å²) in [5, 5.41) is 0. The standard InChI is InChI=1S/C22H40O4/c1-17(2)13-9-7-5-6-8-12-16-25-21(23)19-14-10-11-15-20(19)22(24)26-18(3)4/h17-20H,5-16H2,1-4H3. The lowest BCUT2D eigenvalue weighted by Gasteiger charge is -2.28. The molecule has 0 amide bonds. The second-order valence-corrected chi connectivity index (χ2v) is 8.45. The van der Waals surface area contributed by atoms with Gasteiger partial charge in [0.1, 0.15) is 0 Å². The van der Waals surface area contributed by atoms with E-state index in [0.717, 1.165) is 44.4 Å². The van der Waals surface area contributed by atoms with Gasteiger partial charge in [0.05, 0.1) is 24.5 Å². The molecule has 0 bridgehead atoms. The SMILES string of the molecule is CC(C)CCCCCCCCOC(=O)C1CCCCC1C(=O)OC(C)C. The summed E-state index contributed by atoms with van der Waals surface area (Å²) in [5.41, 5.74) is 0. The van der Waals surface area contributed by atoms with E-state index < -0.39 is 0 Å². The first-order valence-electron chi connectivity index (χ1n) is 10.8. The van der Waals surface area contributed by atoms with Crippen LogP contribution in [0.15, 0.2) is 0 Å². The van der Waals surface area contributed by atoms with Crippen LogP contribution in [0.3, 0.4) is 0 Å². The van der Waals surface area contributed by atoms with Crippen LogP contribution in [0.1, 0.15) is 98.3 Å². The van der Waals surface area contributed by atoms with E-state index in [2.05, 4.69) is 13.8 Å². The van der Waals surface area contributed by atoms with Crippen molar-refractivity contribution < 1.29 is 19.1 Å². The van der Waals surface area contributed by atoms with Gasteiger partial charge in [0.25, 0.3) is 0 Å². The van der Waals surface area contributed by atoms with Gasteiger partial charge in [-0.05, 0) is 39.0 Å². The Morgan fingerprint density at radius 2 is 1.35 bits per heavy atom. The van der Waals surface area contributed by atoms with Crippen LogP contribution in [0.4, 0.5) is 0 Å². The third-order valence-electron chi connectivity index (χ3n) is 5.14. The molecule has 0 aromatic carbocycles. The van der Waals surface area contributed by atoms with Crippen molar-refractivity contribution in [2.24, 2.45) is 17.8 Å². The third-order valence-corrected chi connectivity index (χ3v) is 5.14. The molecule has 152 valence electrons. The Hall–Kier alpha value is -1.06. The zero-order chi connectivity index (χ0) is 19.4. The number of rotatable bonds is 12. The van der Waals surface area contributed by atoms with Crippen molar-refractivity contribution in [3.05, 3.63) is 0 Å². The van der Waals surface area contributed by atoms with Crippen molar-refractivity contribution in [2.45, 2.75) is 104 Å². The summed E-state index contributed by atoms with van der Waals surface area (Å²) < 4.78 is 10.8. The lowest BCUT2D eigenvalue weighted by Crippen LogP contribution is -2.36. The number of carbonyl (C=O) groups is 2. The molecule has 0 aromatic rings. The van der Waals surface area contributed by atoms with E-state index in [0.29, 0.717) is 6.61 Å². The van der Waals surface area contributed by atoms with Gasteiger partial charge in [-0.2, -0.15) is 0 Å². The number of unbranched alkanes of at least 4 members (excludes halogenated alkanes) is 5. The van der Waals surface area contributed by atoms with Crippen LogP contribution >= 0.6 is 0 Å². The molecule has 1 saturated carbocycles. The Bertz CT molecular complexity index is 403. The maximum Gasteiger partial charge on any atom is 0.310 e. The maximum absolute atomic E-state index is 12.4. The Labute approximate surface area is 160 Å². The maximum atomic E-state index is 12.4. The van der Waals surface area contributed by atoms with Crippen LogP contribution in [0.2, 0.25) is 0 Å². The molecule has 0 aromatic heterocycles. The van der Waals surface area contributed by atoms with Crippen LogP contribution in [0.25, 0.3) is 0 Å². The van der Waals surface area contributed by atoms with E-state index in [1.165, 1.54) is 32.1 Å². The van der Waals surface area contributed by atoms with Gasteiger partial charge in [-0.15, -0.1) is 0 Å². The Balaban J connectivity index is 2.19. The first kappa shape index (κ1) is 23.0. The summed E-state index contributed by atoms with van der Waals surface area (Å²) in [5.74, 6) is -0.267. The van der Waals surface area contributed by atoms with Crippen LogP contribution in [0, 0.1) is 17.8 Å². The molecule has 2 atom stereocenters. The predicted molar refractivity (Wildman–Crippen MR) is 105 cm³/mol. The third kappa shape index (κ3) is 9.59. The highest BCUT2D eigenvalue weighted by atomic mass is 16.5. The summed E-state index contributed by atoms with van der Waals surface area (Å²) in [6.45, 7) is 8.71. The van der Waals surface area contributed by atoms with E-state index in [1.807, 2.05) is 13.8 Å². The van der Waals surface area contributed by atoms with Crippen molar-refractivity contribution in [3.63, 3.8) is 0 Å². The molecule has 2 unspecified atom stereocenters. The fraction of sp³-hybridized carbons (Fsp3) is 0.909. The fourth-order valence-electron chi connectivity index (χ4n) is 3.66. The van der Waals surface area contributed by atoms with Gasteiger partial charge in [-0.1, -0.05) is 65.2 Å². The van der Waals surface area contributed by atoms with Gasteiger partial charge >= 0.3 is 11.9 Å². The molecule has 0 radical (unpaired) electrons. The summed E-state index contributed by atoms with van der Waals surface area (Å²) in [7, 11) is 0. The number of hydrogen-bond donors (Lipinski definition) is 0. The summed E-state index contributed by atoms with van der Waals surface area (Å²) >= 11 is 0. The highest BCUT2D eigenvalue weighted by Gasteiger charge is 2.38. The lowest BCUT2D eigenvalue weighted by molar-refractivity contribution is -0.165. The Morgan fingerprint density at radius 3 is 1.92 bits per heavy atom. The molecule has 26 heavy (non-hydrogen) atoms. The predicted octanol–water partition coefficient (Wildman–Crippen LogP) is 5.67. The molecule has 1 aliphatic rings. The topological polar surface area (TPSA) is 52.6 Å². The number of ether oxygens (including phenoxy) is 2. The monoisotopic (exact) mass is 368 g/mol. The second kappa shape index (κ2) is 13.2. The van der Waals surface area contributed by atoms with Gasteiger partial charge < -0.3 is 9.47 Å². The minimum atomic E-state index is -0.320. The van der Waals surface area contributed by atoms with E-state index in [1.54, 1.807) is 0 Å². The number of esters is 2. The minimum Gasteiger partial charge on any atom is -0.465 e. The second-order valence-electron chi connectivity index (χ2n) is 8.45. The molecule has 0 saturated heterocycles. The van der Waals surface area contributed by atoms with Gasteiger partial charge in [0, 0.05) is 0 Å². The quantitative estimate of drug-likeness (QED) is 0.329. The van der Waals surface area contributed by atoms with Gasteiger partial charge in [-0.25, -0.2) is 0 Å². The number of hydrogen-bond acceptors (Lipinski definition) is 4. The Kier molecular flexibility index (Phi) is 11.6. The molecule has 0 spiro atoms. The highest BCUT2D eigenvalue weighted by Crippen LogP contribution is 2.32. The molecule has 4 heteroatoms. The van der Waals surface area contributed by atoms with Crippen LogP contribution in [-0.4, -0.2) is 24.6 Å². The van der Waals surface area contributed by atoms with Crippen LogP contribution < -0.4 is 0 Å². The van der Waals surface area contributed by atoms with E-state index in [9.17, 15) is 9.59 Å². The van der Waals surface area contributed by atoms with Crippen molar-refractivity contribution in [3.8, 4) is 0 Å². The molecule has 0 N–H and O–H groups in total. The average molecular weight is 369 g/mol. The molecule has 1 rings (SSSR count). The smallest absolute Gasteiger partial charge is 0.310 e. The molecular weight excluding hydrogens is 328 g/mol. The largest absolute Gasteiger partial charge is 0.465 e. The van der Waals surface area contributed by atoms with Crippen molar-refractivity contribution in [1.29, 1.82) is 0 Å². The average Bonchev–Trinajstić information content (AvgIpc) is 2.59. The van der Waals surface area contributed by atoms with Gasteiger partial charge in [0.2, 0.25) is 0 Å². The molecule has 0 aliphatic heterocycles. The Morgan fingerprint density at radius 1 is 0.808 bits per heavy atom. The van der Waals surface area contributed by atoms with E-state index >= 15 is 0 Å². The summed E-state index contributed by atoms with van der Waals surface area (Å²) in [6.07, 6.45) is 11.8. The summed E-state index contributed by atoms with van der Waals surface area (Å²) in [4.78, 5) is 24.6. The van der Waals surface area contributed by atoms with Crippen LogP contribution in [-0.2, 0) is 19.1 Å². The number of carbonyl (C=O) groups excluding carboxylic acids is 2. The van der Waals surface area contributed by atoms with Crippen molar-refractivity contribution in [2.75, 3.05) is 6.61 Å². The first-order chi connectivity index (χ1) is 12.4. The summed E-state index contributed by atoms with van der Waals surface area (Å²) in [6, 6.07) is 0. The van der Waals surface area contributed by atoms with E-state index in [4.69, 9.17) is 9.47 Å².